The second-order valence-corrected chi connectivity index (χ2v) is 5.77. The van der Waals surface area contributed by atoms with Crippen LogP contribution in [0.25, 0.3) is 0 Å². The number of carboxylic acid groups (broad SMARTS) is 1. The summed E-state index contributed by atoms with van der Waals surface area (Å²) in [5.41, 5.74) is 0. The van der Waals surface area contributed by atoms with Gasteiger partial charge >= 0.3 is 5.97 Å². The first-order chi connectivity index (χ1) is 8.91. The van der Waals surface area contributed by atoms with Crippen LogP contribution in [-0.4, -0.2) is 58.4 Å². The molecule has 0 aromatic heterocycles. The smallest absolute Gasteiger partial charge is 0.326 e. The van der Waals surface area contributed by atoms with Crippen LogP contribution in [0.5, 0.6) is 0 Å². The fourth-order valence-corrected chi connectivity index (χ4v) is 2.56. The van der Waals surface area contributed by atoms with Crippen LogP contribution in [0.1, 0.15) is 26.2 Å². The first-order valence-corrected chi connectivity index (χ1v) is 7.40. The predicted molar refractivity (Wildman–Crippen MR) is 73.0 cm³/mol. The van der Waals surface area contributed by atoms with Gasteiger partial charge in [-0.1, -0.05) is 0 Å². The third kappa shape index (κ3) is 5.96. The number of aliphatic carboxylic acids is 1. The van der Waals surface area contributed by atoms with Crippen LogP contribution in [0, 0.1) is 0 Å². The number of nitrogens with zero attached hydrogens (tertiary/aromatic N) is 1. The van der Waals surface area contributed by atoms with Gasteiger partial charge in [-0.05, 0) is 25.0 Å². The van der Waals surface area contributed by atoms with Crippen LogP contribution in [0.4, 0.5) is 0 Å². The molecule has 1 aliphatic rings. The van der Waals surface area contributed by atoms with Crippen LogP contribution in [0.2, 0.25) is 0 Å². The van der Waals surface area contributed by atoms with Crippen molar-refractivity contribution < 1.29 is 19.5 Å². The summed E-state index contributed by atoms with van der Waals surface area (Å²) in [6, 6.07) is -0.472. The summed E-state index contributed by atoms with van der Waals surface area (Å²) >= 11 is 1.40. The average molecular weight is 288 g/mol. The number of amides is 2. The summed E-state index contributed by atoms with van der Waals surface area (Å²) in [6.07, 6.45) is 2.48. The van der Waals surface area contributed by atoms with Crippen molar-refractivity contribution in [3.8, 4) is 0 Å². The summed E-state index contributed by atoms with van der Waals surface area (Å²) in [5.74, 6) is -0.431. The number of carbonyl (C=O) groups excluding carboxylic acids is 2. The summed E-state index contributed by atoms with van der Waals surface area (Å²) in [6.45, 7) is 1.29. The lowest BCUT2D eigenvalue weighted by atomic mass is 10.2. The molecule has 1 atom stereocenters. The van der Waals surface area contributed by atoms with Gasteiger partial charge in [-0.2, -0.15) is 11.8 Å². The molecule has 0 aliphatic heterocycles. The minimum absolute atomic E-state index is 0.0823. The fourth-order valence-electron chi connectivity index (χ4n) is 1.63. The number of hydrogen-bond donors (Lipinski definition) is 2. The summed E-state index contributed by atoms with van der Waals surface area (Å²) in [7, 11) is 1.80. The van der Waals surface area contributed by atoms with Crippen molar-refractivity contribution in [2.24, 2.45) is 0 Å². The van der Waals surface area contributed by atoms with Crippen molar-refractivity contribution in [2.45, 2.75) is 38.3 Å². The Bertz CT molecular complexity index is 358. The zero-order valence-corrected chi connectivity index (χ0v) is 12.0. The quantitative estimate of drug-likeness (QED) is 0.628. The molecule has 1 rings (SSSR count). The van der Waals surface area contributed by atoms with Crippen LogP contribution in [-0.2, 0) is 14.4 Å². The number of rotatable bonds is 8. The molecular formula is C12H20N2O4S. The minimum Gasteiger partial charge on any atom is -0.480 e. The molecule has 0 spiro atoms. The predicted octanol–water partition coefficient (Wildman–Crippen LogP) is 0.320. The lowest BCUT2D eigenvalue weighted by Gasteiger charge is -2.16. The summed E-state index contributed by atoms with van der Waals surface area (Å²) in [4.78, 5) is 35.2. The molecule has 7 heteroatoms. The average Bonchev–Trinajstić information content (AvgIpc) is 3.15. The molecule has 6 nitrogen and oxygen atoms in total. The molecule has 1 saturated carbocycles. The lowest BCUT2D eigenvalue weighted by molar-refractivity contribution is -0.141. The van der Waals surface area contributed by atoms with E-state index in [9.17, 15) is 14.4 Å². The van der Waals surface area contributed by atoms with Crippen molar-refractivity contribution in [1.29, 1.82) is 0 Å². The van der Waals surface area contributed by atoms with E-state index < -0.39 is 12.0 Å². The molecule has 1 unspecified atom stereocenters. The van der Waals surface area contributed by atoms with E-state index in [1.807, 2.05) is 0 Å². The SMILES string of the molecule is CC(=O)NC(CCSCC(=O)N(C)C1CC1)C(=O)O. The standard InChI is InChI=1S/C12H20N2O4S/c1-8(15)13-10(12(17)18)5-6-19-7-11(16)14(2)9-3-4-9/h9-10H,3-7H2,1-2H3,(H,13,15)(H,17,18). The van der Waals surface area contributed by atoms with Crippen LogP contribution in [0.3, 0.4) is 0 Å². The van der Waals surface area contributed by atoms with E-state index in [0.29, 0.717) is 24.0 Å². The number of carboxylic acids is 1. The number of nitrogens with one attached hydrogen (secondary N) is 1. The molecular weight excluding hydrogens is 268 g/mol. The highest BCUT2D eigenvalue weighted by Gasteiger charge is 2.29. The Morgan fingerprint density at radius 3 is 2.53 bits per heavy atom. The Kier molecular flexibility index (Phi) is 6.14. The molecule has 108 valence electrons. The third-order valence-corrected chi connectivity index (χ3v) is 3.92. The van der Waals surface area contributed by atoms with Crippen LogP contribution >= 0.6 is 11.8 Å². The van der Waals surface area contributed by atoms with Crippen molar-refractivity contribution in [2.75, 3.05) is 18.6 Å². The van der Waals surface area contributed by atoms with Gasteiger partial charge in [-0.25, -0.2) is 4.79 Å². The monoisotopic (exact) mass is 288 g/mol. The van der Waals surface area contributed by atoms with Crippen LogP contribution in [0.15, 0.2) is 0 Å². The van der Waals surface area contributed by atoms with Gasteiger partial charge in [0, 0.05) is 20.0 Å². The number of hydrogen-bond acceptors (Lipinski definition) is 4. The zero-order chi connectivity index (χ0) is 14.4. The molecule has 0 radical (unpaired) electrons. The van der Waals surface area contributed by atoms with Gasteiger partial charge in [0.1, 0.15) is 6.04 Å². The minimum atomic E-state index is -1.04. The van der Waals surface area contributed by atoms with Gasteiger partial charge < -0.3 is 15.3 Å². The molecule has 2 amide bonds. The van der Waals surface area contributed by atoms with Gasteiger partial charge in [0.15, 0.2) is 0 Å². The number of carbonyl (C=O) groups is 3. The Balaban J connectivity index is 2.18. The van der Waals surface area contributed by atoms with E-state index >= 15 is 0 Å². The Hall–Kier alpha value is -1.24. The van der Waals surface area contributed by atoms with Crippen molar-refractivity contribution in [3.05, 3.63) is 0 Å². The molecule has 0 aromatic rings. The molecule has 0 heterocycles. The number of thioether (sulfide) groups is 1. The van der Waals surface area contributed by atoms with E-state index in [-0.39, 0.29) is 11.8 Å². The highest BCUT2D eigenvalue weighted by Crippen LogP contribution is 2.25. The highest BCUT2D eigenvalue weighted by atomic mass is 32.2. The highest BCUT2D eigenvalue weighted by molar-refractivity contribution is 7.99. The van der Waals surface area contributed by atoms with Gasteiger partial charge in [0.2, 0.25) is 11.8 Å². The Labute approximate surface area is 116 Å². The molecule has 1 aliphatic carbocycles. The first-order valence-electron chi connectivity index (χ1n) is 6.25. The summed E-state index contributed by atoms with van der Waals surface area (Å²) in [5, 5.41) is 11.3. The third-order valence-electron chi connectivity index (χ3n) is 2.94. The summed E-state index contributed by atoms with van der Waals surface area (Å²) < 4.78 is 0. The van der Waals surface area contributed by atoms with Gasteiger partial charge in [-0.3, -0.25) is 9.59 Å². The van der Waals surface area contributed by atoms with Crippen molar-refractivity contribution in [1.82, 2.24) is 10.2 Å². The fraction of sp³-hybridized carbons (Fsp3) is 0.750. The zero-order valence-electron chi connectivity index (χ0n) is 11.2. The molecule has 0 aromatic carbocycles. The van der Waals surface area contributed by atoms with Crippen molar-refractivity contribution in [3.63, 3.8) is 0 Å². The second-order valence-electron chi connectivity index (χ2n) is 4.67. The van der Waals surface area contributed by atoms with Gasteiger partial charge in [-0.15, -0.1) is 0 Å². The molecule has 1 fully saturated rings. The molecule has 0 saturated heterocycles. The Morgan fingerprint density at radius 1 is 1.42 bits per heavy atom. The van der Waals surface area contributed by atoms with Crippen molar-refractivity contribution >= 4 is 29.5 Å². The van der Waals surface area contributed by atoms with Crippen LogP contribution < -0.4 is 5.32 Å². The second kappa shape index (κ2) is 7.37. The van der Waals surface area contributed by atoms with Gasteiger partial charge in [0.05, 0.1) is 5.75 Å². The first kappa shape index (κ1) is 15.8. The maximum absolute atomic E-state index is 11.7. The maximum atomic E-state index is 11.7. The lowest BCUT2D eigenvalue weighted by Crippen LogP contribution is -2.40. The van der Waals surface area contributed by atoms with Gasteiger partial charge in [0.25, 0.3) is 0 Å². The van der Waals surface area contributed by atoms with E-state index in [1.54, 1.807) is 11.9 Å². The topological polar surface area (TPSA) is 86.7 Å². The van der Waals surface area contributed by atoms with E-state index in [2.05, 4.69) is 5.32 Å². The molecule has 19 heavy (non-hydrogen) atoms. The Morgan fingerprint density at radius 2 is 2.05 bits per heavy atom. The van der Waals surface area contributed by atoms with E-state index in [1.165, 1.54) is 18.7 Å². The largest absolute Gasteiger partial charge is 0.480 e. The molecule has 2 N–H and O–H groups in total. The normalized spacial score (nSPS) is 15.7. The van der Waals surface area contributed by atoms with E-state index in [4.69, 9.17) is 5.11 Å². The maximum Gasteiger partial charge on any atom is 0.326 e. The van der Waals surface area contributed by atoms with E-state index in [0.717, 1.165) is 12.8 Å². The molecule has 0 bridgehead atoms.